The molecule has 0 saturated carbocycles. The van der Waals surface area contributed by atoms with Gasteiger partial charge < -0.3 is 5.11 Å². The van der Waals surface area contributed by atoms with Crippen molar-refractivity contribution in [2.24, 2.45) is 0 Å². The molecule has 0 bridgehead atoms. The lowest BCUT2D eigenvalue weighted by Crippen LogP contribution is -2.36. The highest BCUT2D eigenvalue weighted by atomic mass is 32.1. The van der Waals surface area contributed by atoms with Gasteiger partial charge in [-0.05, 0) is 91.9 Å². The van der Waals surface area contributed by atoms with E-state index < -0.39 is 0 Å². The molecule has 344 valence electrons. The Morgan fingerprint density at radius 1 is 0.391 bits per heavy atom. The fourth-order valence-electron chi connectivity index (χ4n) is 9.64. The molecule has 0 atom stereocenters. The van der Waals surface area contributed by atoms with E-state index in [4.69, 9.17) is 12.6 Å². The Labute approximate surface area is 394 Å². The summed E-state index contributed by atoms with van der Waals surface area (Å²) < 4.78 is 8.56. The van der Waals surface area contributed by atoms with Crippen LogP contribution in [0.5, 0.6) is 6.01 Å². The van der Waals surface area contributed by atoms with Gasteiger partial charge in [0.15, 0.2) is 0 Å². The first kappa shape index (κ1) is 50.4. The van der Waals surface area contributed by atoms with Gasteiger partial charge in [0.2, 0.25) is 0 Å². The van der Waals surface area contributed by atoms with Gasteiger partial charge in [-0.1, -0.05) is 196 Å². The highest BCUT2D eigenvalue weighted by Gasteiger charge is 2.25. The minimum atomic E-state index is 0.312. The average molecular weight is 883 g/mol. The van der Waals surface area contributed by atoms with Crippen molar-refractivity contribution in [1.29, 1.82) is 0 Å². The van der Waals surface area contributed by atoms with E-state index in [9.17, 15) is 5.11 Å². The van der Waals surface area contributed by atoms with Crippen LogP contribution in [0.25, 0.3) is 0 Å². The summed E-state index contributed by atoms with van der Waals surface area (Å²) in [6, 6.07) is 27.1. The zero-order valence-electron chi connectivity index (χ0n) is 42.4. The highest BCUT2D eigenvalue weighted by Crippen LogP contribution is 2.33. The highest BCUT2D eigenvalue weighted by molar-refractivity contribution is 7.80. The maximum Gasteiger partial charge on any atom is 0.454 e. The average Bonchev–Trinajstić information content (AvgIpc) is 3.76. The molecule has 0 aliphatic carbocycles. The lowest BCUT2D eigenvalue weighted by atomic mass is 9.88. The van der Waals surface area contributed by atoms with Crippen molar-refractivity contribution < 1.29 is 14.2 Å². The third kappa shape index (κ3) is 11.6. The Balaban J connectivity index is 0.000000241. The van der Waals surface area contributed by atoms with Gasteiger partial charge in [0.1, 0.15) is 51.0 Å². The molecule has 64 heavy (non-hydrogen) atoms. The predicted octanol–water partition coefficient (Wildman–Crippen LogP) is 14.7. The van der Waals surface area contributed by atoms with E-state index in [1.807, 2.05) is 21.5 Å². The Morgan fingerprint density at radius 3 is 0.953 bits per heavy atom. The summed E-state index contributed by atoms with van der Waals surface area (Å²) in [6.07, 6.45) is 8.42. The van der Waals surface area contributed by atoms with Crippen LogP contribution in [0, 0.1) is 0 Å². The topological polar surface area (TPSA) is 37.9 Å². The molecule has 6 heteroatoms. The van der Waals surface area contributed by atoms with E-state index in [0.29, 0.717) is 66.4 Å². The number of aromatic hydroxyl groups is 1. The van der Waals surface area contributed by atoms with Gasteiger partial charge in [0.25, 0.3) is 0 Å². The lowest BCUT2D eigenvalue weighted by molar-refractivity contribution is -0.725. The second kappa shape index (κ2) is 22.1. The third-order valence-corrected chi connectivity index (χ3v) is 13.7. The van der Waals surface area contributed by atoms with Crippen LogP contribution >= 0.6 is 12.6 Å². The minimum Gasteiger partial charge on any atom is -0.446 e. The first-order valence-corrected chi connectivity index (χ1v) is 24.7. The zero-order valence-corrected chi connectivity index (χ0v) is 43.3. The van der Waals surface area contributed by atoms with Crippen LogP contribution < -0.4 is 9.13 Å². The minimum absolute atomic E-state index is 0.312. The molecule has 0 aliphatic heterocycles. The normalized spacial score (nSPS) is 12.0. The van der Waals surface area contributed by atoms with Crippen molar-refractivity contribution in [2.75, 3.05) is 0 Å². The standard InChI is InChI=1S/C29H40N2O.C29H40N2S/c2*1-19(2)23-11-9-12-24(20(3)4)27(23)17-30-15-16-31(29(30)32)18-28-25(21(5)6)13-10-14-26(28)22(7)8/h2*9-16,19-22H,17-18H2,1-8H3/p+2. The van der Waals surface area contributed by atoms with Crippen LogP contribution in [0.3, 0.4) is 0 Å². The predicted molar refractivity (Wildman–Crippen MR) is 273 cm³/mol. The molecule has 1 N–H and O–H groups in total. The van der Waals surface area contributed by atoms with Crippen LogP contribution in [0.4, 0.5) is 0 Å². The van der Waals surface area contributed by atoms with E-state index in [1.54, 1.807) is 0 Å². The van der Waals surface area contributed by atoms with Crippen molar-refractivity contribution in [3.05, 3.63) is 164 Å². The Hall–Kier alpha value is -4.55. The molecule has 0 aliphatic rings. The van der Waals surface area contributed by atoms with Crippen molar-refractivity contribution in [2.45, 2.75) is 189 Å². The van der Waals surface area contributed by atoms with E-state index in [2.05, 4.69) is 205 Å². The number of thiol groups is 1. The van der Waals surface area contributed by atoms with Crippen molar-refractivity contribution >= 4 is 12.6 Å². The van der Waals surface area contributed by atoms with Gasteiger partial charge in [0.05, 0.1) is 0 Å². The van der Waals surface area contributed by atoms with Gasteiger partial charge in [-0.3, -0.25) is 0 Å². The Morgan fingerprint density at radius 2 is 0.641 bits per heavy atom. The number of hydrogen-bond donors (Lipinski definition) is 2. The number of nitrogens with zero attached hydrogens (tertiary/aromatic N) is 4. The van der Waals surface area contributed by atoms with E-state index in [1.165, 1.54) is 66.8 Å². The molecule has 2 aromatic heterocycles. The summed E-state index contributed by atoms with van der Waals surface area (Å²) in [5.41, 5.74) is 16.8. The van der Waals surface area contributed by atoms with E-state index in [-0.39, 0.29) is 0 Å². The van der Waals surface area contributed by atoms with Crippen LogP contribution in [-0.2, 0) is 26.2 Å². The number of benzene rings is 4. The molecule has 6 rings (SSSR count). The van der Waals surface area contributed by atoms with Crippen LogP contribution in [0.15, 0.2) is 103 Å². The molecule has 0 fully saturated rings. The molecular formula is C58H82N4OS+2. The van der Waals surface area contributed by atoms with Crippen LogP contribution in [0.2, 0.25) is 0 Å². The summed E-state index contributed by atoms with van der Waals surface area (Å²) in [4.78, 5) is 0. The third-order valence-electron chi connectivity index (χ3n) is 13.2. The lowest BCUT2D eigenvalue weighted by Gasteiger charge is -2.19. The maximum absolute atomic E-state index is 11.2. The summed E-state index contributed by atoms with van der Waals surface area (Å²) in [5.74, 6) is 3.78. The fraction of sp³-hybridized carbons (Fsp3) is 0.483. The SMILES string of the molecule is CC(C)c1cccc(C(C)C)c1Cn1cc[n+](Cc2c(C(C)C)cccc2C(C)C)c1O.CC(C)c1cccc(C(C)C)c1Cn1cc[n+](Cc2c(C(C)C)cccc2C(C)C)c1S. The number of rotatable bonds is 16. The molecule has 5 nitrogen and oxygen atoms in total. The zero-order chi connectivity index (χ0) is 47.2. The van der Waals surface area contributed by atoms with E-state index >= 15 is 0 Å². The summed E-state index contributed by atoms with van der Waals surface area (Å²) in [7, 11) is 0. The molecule has 0 unspecified atom stereocenters. The summed E-state index contributed by atoms with van der Waals surface area (Å²) >= 11 is 4.99. The number of imidazole rings is 2. The molecule has 0 saturated heterocycles. The maximum atomic E-state index is 11.2. The van der Waals surface area contributed by atoms with Gasteiger partial charge in [-0.25, -0.2) is 9.13 Å². The molecule has 0 amide bonds. The summed E-state index contributed by atoms with van der Waals surface area (Å²) in [5, 5.41) is 12.2. The second-order valence-corrected chi connectivity index (χ2v) is 21.0. The Bertz CT molecular complexity index is 2020. The molecule has 6 aromatic rings. The quantitative estimate of drug-likeness (QED) is 0.0738. The molecule has 4 aromatic carbocycles. The van der Waals surface area contributed by atoms with Crippen molar-refractivity contribution in [3.63, 3.8) is 0 Å². The van der Waals surface area contributed by atoms with Gasteiger partial charge in [-0.2, -0.15) is 9.13 Å². The number of hydrogen-bond acceptors (Lipinski definition) is 2. The first-order chi connectivity index (χ1) is 30.2. The van der Waals surface area contributed by atoms with Gasteiger partial charge >= 0.3 is 11.2 Å². The van der Waals surface area contributed by atoms with Crippen LogP contribution in [-0.4, -0.2) is 14.2 Å². The van der Waals surface area contributed by atoms with E-state index in [0.717, 1.165) is 18.2 Å². The van der Waals surface area contributed by atoms with Gasteiger partial charge in [-0.15, -0.1) is 0 Å². The number of aromatic nitrogens is 4. The molecule has 0 radical (unpaired) electrons. The van der Waals surface area contributed by atoms with Crippen LogP contribution in [0.1, 0.15) is 225 Å². The molecular weight excluding hydrogens is 801 g/mol. The van der Waals surface area contributed by atoms with Gasteiger partial charge in [0, 0.05) is 22.3 Å². The fourth-order valence-corrected chi connectivity index (χ4v) is 9.92. The molecule has 0 spiro atoms. The molecule has 2 heterocycles. The van der Waals surface area contributed by atoms with Crippen molar-refractivity contribution in [3.8, 4) is 6.01 Å². The first-order valence-electron chi connectivity index (χ1n) is 24.2. The largest absolute Gasteiger partial charge is 0.454 e. The monoisotopic (exact) mass is 883 g/mol. The second-order valence-electron chi connectivity index (χ2n) is 20.6. The van der Waals surface area contributed by atoms with Crippen molar-refractivity contribution in [1.82, 2.24) is 9.13 Å². The summed E-state index contributed by atoms with van der Waals surface area (Å²) in [6.45, 7) is 39.4. The Kier molecular flexibility index (Phi) is 17.4. The smallest absolute Gasteiger partial charge is 0.446 e.